The van der Waals surface area contributed by atoms with E-state index in [-0.39, 0.29) is 5.78 Å². The standard InChI is InChI=1S/C16H26N2O2/c1-6-16(5,18(7-2)8-3)15(19)13-10-14(20-9-4)12-17-11-13/h10-12H,6-9H2,1-5H3. The van der Waals surface area contributed by atoms with Gasteiger partial charge in [0.2, 0.25) is 0 Å². The first kappa shape index (κ1) is 16.6. The fraction of sp³-hybridized carbons (Fsp3) is 0.625. The van der Waals surface area contributed by atoms with Crippen LogP contribution in [0.25, 0.3) is 0 Å². The van der Waals surface area contributed by atoms with Gasteiger partial charge in [-0.3, -0.25) is 14.7 Å². The maximum Gasteiger partial charge on any atom is 0.184 e. The Balaban J connectivity index is 3.10. The van der Waals surface area contributed by atoms with Crippen molar-refractivity contribution in [2.75, 3.05) is 19.7 Å². The fourth-order valence-corrected chi connectivity index (χ4v) is 2.55. The van der Waals surface area contributed by atoms with Crippen molar-refractivity contribution in [1.82, 2.24) is 9.88 Å². The molecule has 0 aliphatic rings. The number of rotatable bonds is 8. The average molecular weight is 278 g/mol. The van der Waals surface area contributed by atoms with Crippen LogP contribution in [0.4, 0.5) is 0 Å². The van der Waals surface area contributed by atoms with E-state index in [2.05, 4.69) is 30.7 Å². The molecule has 0 radical (unpaired) electrons. The van der Waals surface area contributed by atoms with Crippen molar-refractivity contribution < 1.29 is 9.53 Å². The van der Waals surface area contributed by atoms with Gasteiger partial charge in [-0.25, -0.2) is 0 Å². The molecule has 0 aromatic carbocycles. The maximum absolute atomic E-state index is 12.9. The maximum atomic E-state index is 12.9. The number of carbonyl (C=O) groups is 1. The number of nitrogens with zero attached hydrogens (tertiary/aromatic N) is 2. The zero-order valence-electron chi connectivity index (χ0n) is 13.3. The van der Waals surface area contributed by atoms with E-state index in [1.165, 1.54) is 0 Å². The molecule has 0 fully saturated rings. The minimum absolute atomic E-state index is 0.109. The smallest absolute Gasteiger partial charge is 0.184 e. The molecule has 4 nitrogen and oxygen atoms in total. The summed E-state index contributed by atoms with van der Waals surface area (Å²) >= 11 is 0. The summed E-state index contributed by atoms with van der Waals surface area (Å²) in [5, 5.41) is 0. The number of hydrogen-bond donors (Lipinski definition) is 0. The van der Waals surface area contributed by atoms with Crippen molar-refractivity contribution in [2.24, 2.45) is 0 Å². The molecule has 0 amide bonds. The summed E-state index contributed by atoms with van der Waals surface area (Å²) in [4.78, 5) is 19.2. The number of ketones is 1. The fourth-order valence-electron chi connectivity index (χ4n) is 2.55. The highest BCUT2D eigenvalue weighted by Crippen LogP contribution is 2.25. The predicted molar refractivity (Wildman–Crippen MR) is 81.4 cm³/mol. The van der Waals surface area contributed by atoms with Gasteiger partial charge in [0.05, 0.1) is 18.3 Å². The monoisotopic (exact) mass is 278 g/mol. The van der Waals surface area contributed by atoms with E-state index in [0.717, 1.165) is 19.5 Å². The first-order valence-electron chi connectivity index (χ1n) is 7.41. The summed E-state index contributed by atoms with van der Waals surface area (Å²) in [7, 11) is 0. The second kappa shape index (κ2) is 7.39. The Kier molecular flexibility index (Phi) is 6.14. The summed E-state index contributed by atoms with van der Waals surface area (Å²) in [6.07, 6.45) is 4.04. The molecule has 0 aliphatic heterocycles. The molecular formula is C16H26N2O2. The van der Waals surface area contributed by atoms with Crippen molar-refractivity contribution >= 4 is 5.78 Å². The quantitative estimate of drug-likeness (QED) is 0.685. The van der Waals surface area contributed by atoms with Gasteiger partial charge in [0.15, 0.2) is 5.78 Å². The van der Waals surface area contributed by atoms with Crippen LogP contribution in [0.5, 0.6) is 5.75 Å². The Hall–Kier alpha value is -1.42. The topological polar surface area (TPSA) is 42.4 Å². The molecule has 0 aliphatic carbocycles. The van der Waals surface area contributed by atoms with E-state index < -0.39 is 5.54 Å². The number of hydrogen-bond acceptors (Lipinski definition) is 4. The highest BCUT2D eigenvalue weighted by atomic mass is 16.5. The molecule has 1 aromatic heterocycles. The average Bonchev–Trinajstić information content (AvgIpc) is 2.48. The second-order valence-corrected chi connectivity index (χ2v) is 4.97. The largest absolute Gasteiger partial charge is 0.492 e. The van der Waals surface area contributed by atoms with Gasteiger partial charge < -0.3 is 4.74 Å². The van der Waals surface area contributed by atoms with Crippen LogP contribution in [-0.2, 0) is 0 Å². The zero-order chi connectivity index (χ0) is 15.2. The first-order valence-corrected chi connectivity index (χ1v) is 7.41. The molecular weight excluding hydrogens is 252 g/mol. The lowest BCUT2D eigenvalue weighted by atomic mass is 9.87. The van der Waals surface area contributed by atoms with Crippen molar-refractivity contribution in [3.05, 3.63) is 24.0 Å². The molecule has 0 bridgehead atoms. The highest BCUT2D eigenvalue weighted by Gasteiger charge is 2.36. The first-order chi connectivity index (χ1) is 9.53. The minimum atomic E-state index is -0.490. The normalized spacial score (nSPS) is 14.1. The molecule has 0 saturated carbocycles. The van der Waals surface area contributed by atoms with E-state index in [1.807, 2.05) is 13.8 Å². The van der Waals surface area contributed by atoms with Crippen LogP contribution in [0.2, 0.25) is 0 Å². The molecule has 1 atom stereocenters. The molecule has 20 heavy (non-hydrogen) atoms. The van der Waals surface area contributed by atoms with E-state index in [0.29, 0.717) is 17.9 Å². The summed E-state index contributed by atoms with van der Waals surface area (Å²) < 4.78 is 5.43. The van der Waals surface area contributed by atoms with Gasteiger partial charge in [0.25, 0.3) is 0 Å². The number of pyridine rings is 1. The van der Waals surface area contributed by atoms with Crippen molar-refractivity contribution in [3.8, 4) is 5.75 Å². The lowest BCUT2D eigenvalue weighted by Crippen LogP contribution is -2.51. The Labute approximate surface area is 122 Å². The molecule has 0 saturated heterocycles. The second-order valence-electron chi connectivity index (χ2n) is 4.97. The SMILES string of the molecule is CCOc1cncc(C(=O)C(C)(CC)N(CC)CC)c1. The van der Waals surface area contributed by atoms with Gasteiger partial charge >= 0.3 is 0 Å². The lowest BCUT2D eigenvalue weighted by Gasteiger charge is -2.38. The number of ether oxygens (including phenoxy) is 1. The van der Waals surface area contributed by atoms with Crippen LogP contribution in [0.3, 0.4) is 0 Å². The summed E-state index contributed by atoms with van der Waals surface area (Å²) in [6, 6.07) is 1.79. The van der Waals surface area contributed by atoms with Crippen LogP contribution in [0.15, 0.2) is 18.5 Å². The van der Waals surface area contributed by atoms with Gasteiger partial charge in [-0.05, 0) is 39.4 Å². The van der Waals surface area contributed by atoms with Gasteiger partial charge in [0.1, 0.15) is 5.75 Å². The highest BCUT2D eigenvalue weighted by molar-refractivity contribution is 6.03. The summed E-state index contributed by atoms with van der Waals surface area (Å²) in [6.45, 7) is 12.4. The van der Waals surface area contributed by atoms with Gasteiger partial charge in [-0.1, -0.05) is 20.8 Å². The Morgan fingerprint density at radius 2 is 1.90 bits per heavy atom. The van der Waals surface area contributed by atoms with Gasteiger partial charge in [0, 0.05) is 11.8 Å². The van der Waals surface area contributed by atoms with Crippen LogP contribution < -0.4 is 4.74 Å². The molecule has 4 heteroatoms. The summed E-state index contributed by atoms with van der Waals surface area (Å²) in [5.74, 6) is 0.758. The van der Waals surface area contributed by atoms with Crippen molar-refractivity contribution in [3.63, 3.8) is 0 Å². The molecule has 0 spiro atoms. The third-order valence-corrected chi connectivity index (χ3v) is 3.93. The Morgan fingerprint density at radius 1 is 1.25 bits per heavy atom. The molecule has 1 aromatic rings. The summed E-state index contributed by atoms with van der Waals surface area (Å²) in [5.41, 5.74) is 0.128. The number of carbonyl (C=O) groups excluding carboxylic acids is 1. The van der Waals surface area contributed by atoms with E-state index in [4.69, 9.17) is 4.74 Å². The van der Waals surface area contributed by atoms with Crippen molar-refractivity contribution in [2.45, 2.75) is 46.6 Å². The third-order valence-electron chi connectivity index (χ3n) is 3.93. The van der Waals surface area contributed by atoms with Gasteiger partial charge in [-0.15, -0.1) is 0 Å². The number of Topliss-reactive ketones (excluding diaryl/α,β-unsaturated/α-hetero) is 1. The molecule has 1 unspecified atom stereocenters. The lowest BCUT2D eigenvalue weighted by molar-refractivity contribution is 0.0607. The van der Waals surface area contributed by atoms with Crippen LogP contribution in [0.1, 0.15) is 51.4 Å². The van der Waals surface area contributed by atoms with E-state index in [9.17, 15) is 4.79 Å². The number of aromatic nitrogens is 1. The Morgan fingerprint density at radius 3 is 2.40 bits per heavy atom. The van der Waals surface area contributed by atoms with Crippen LogP contribution in [-0.4, -0.2) is 40.9 Å². The van der Waals surface area contributed by atoms with Crippen molar-refractivity contribution in [1.29, 1.82) is 0 Å². The predicted octanol–water partition coefficient (Wildman–Crippen LogP) is 3.17. The zero-order valence-corrected chi connectivity index (χ0v) is 13.3. The molecule has 0 N–H and O–H groups in total. The van der Waals surface area contributed by atoms with Gasteiger partial charge in [-0.2, -0.15) is 0 Å². The molecule has 1 rings (SSSR count). The molecule has 1 heterocycles. The third kappa shape index (κ3) is 3.37. The van der Waals surface area contributed by atoms with Crippen LogP contribution in [0, 0.1) is 0 Å². The minimum Gasteiger partial charge on any atom is -0.492 e. The molecule has 112 valence electrons. The van der Waals surface area contributed by atoms with Crippen LogP contribution >= 0.6 is 0 Å². The van der Waals surface area contributed by atoms with E-state index >= 15 is 0 Å². The Bertz CT molecular complexity index is 444. The number of likely N-dealkylation sites (N-methyl/N-ethyl adjacent to an activating group) is 1. The van der Waals surface area contributed by atoms with E-state index in [1.54, 1.807) is 18.5 Å².